The van der Waals surface area contributed by atoms with Gasteiger partial charge in [-0.1, -0.05) is 320 Å². The van der Waals surface area contributed by atoms with Gasteiger partial charge in [0, 0.05) is 19.3 Å². The minimum absolute atomic E-state index is 0.0742. The standard InChI is InChI=1S/C72H132O6/c1-4-7-10-13-16-19-22-25-27-29-31-33-34-35-36-37-38-40-41-43-45-47-50-53-56-59-62-65-71(74)77-68-69(67-76-70(73)64-61-58-55-52-49-24-21-18-15-12-9-6-3)78-72(75)66-63-60-57-54-51-48-46-44-42-39-32-30-28-26-23-20-17-14-11-8-5-2/h23,26,29-32,42,44,69H,4-22,24-25,27-28,33-41,43,45-68H2,1-3H3/b26-23-,31-29-,32-30-,44-42-. The summed E-state index contributed by atoms with van der Waals surface area (Å²) in [6, 6.07) is 0. The largest absolute Gasteiger partial charge is 0.462 e. The molecule has 0 aliphatic carbocycles. The van der Waals surface area contributed by atoms with Gasteiger partial charge < -0.3 is 14.2 Å². The van der Waals surface area contributed by atoms with Gasteiger partial charge in [0.2, 0.25) is 0 Å². The lowest BCUT2D eigenvalue weighted by Gasteiger charge is -2.18. The Morgan fingerprint density at radius 3 is 0.731 bits per heavy atom. The van der Waals surface area contributed by atoms with E-state index in [0.29, 0.717) is 19.3 Å². The number of rotatable bonds is 64. The van der Waals surface area contributed by atoms with Crippen LogP contribution >= 0.6 is 0 Å². The molecular weight excluding hydrogens is 961 g/mol. The molecule has 1 unspecified atom stereocenters. The molecule has 0 heterocycles. The topological polar surface area (TPSA) is 78.9 Å². The summed E-state index contributed by atoms with van der Waals surface area (Å²) in [6.45, 7) is 6.67. The van der Waals surface area contributed by atoms with Gasteiger partial charge in [-0.25, -0.2) is 0 Å². The van der Waals surface area contributed by atoms with E-state index in [9.17, 15) is 14.4 Å². The Morgan fingerprint density at radius 1 is 0.256 bits per heavy atom. The van der Waals surface area contributed by atoms with Crippen LogP contribution in [-0.4, -0.2) is 37.2 Å². The lowest BCUT2D eigenvalue weighted by atomic mass is 10.0. The molecular formula is C72H132O6. The van der Waals surface area contributed by atoms with Crippen LogP contribution in [0, 0.1) is 0 Å². The Hall–Kier alpha value is -2.63. The third-order valence-electron chi connectivity index (χ3n) is 15.6. The molecule has 0 spiro atoms. The van der Waals surface area contributed by atoms with Crippen molar-refractivity contribution in [3.8, 4) is 0 Å². The number of unbranched alkanes of at least 4 members (excludes halogenated alkanes) is 45. The highest BCUT2D eigenvalue weighted by Crippen LogP contribution is 2.18. The highest BCUT2D eigenvalue weighted by Gasteiger charge is 2.19. The summed E-state index contributed by atoms with van der Waals surface area (Å²) in [7, 11) is 0. The number of ether oxygens (including phenoxy) is 3. The Labute approximate surface area is 486 Å². The molecule has 0 rings (SSSR count). The van der Waals surface area contributed by atoms with Crippen molar-refractivity contribution in [3.63, 3.8) is 0 Å². The van der Waals surface area contributed by atoms with Gasteiger partial charge in [0.1, 0.15) is 13.2 Å². The molecule has 0 aliphatic rings. The van der Waals surface area contributed by atoms with E-state index in [0.717, 1.165) is 77.0 Å². The minimum atomic E-state index is -0.778. The van der Waals surface area contributed by atoms with Gasteiger partial charge in [0.15, 0.2) is 6.10 Å². The molecule has 0 saturated heterocycles. The second kappa shape index (κ2) is 66.9. The molecule has 1 atom stereocenters. The van der Waals surface area contributed by atoms with Gasteiger partial charge in [-0.3, -0.25) is 14.4 Å². The number of esters is 3. The average molecular weight is 1090 g/mol. The van der Waals surface area contributed by atoms with E-state index in [1.54, 1.807) is 0 Å². The predicted octanol–water partition coefficient (Wildman–Crippen LogP) is 23.7. The summed E-state index contributed by atoms with van der Waals surface area (Å²) in [5.41, 5.74) is 0. The highest BCUT2D eigenvalue weighted by atomic mass is 16.6. The molecule has 0 bridgehead atoms. The molecule has 0 amide bonds. The Bertz CT molecular complexity index is 1350. The van der Waals surface area contributed by atoms with Crippen LogP contribution < -0.4 is 0 Å². The zero-order chi connectivity index (χ0) is 56.4. The molecule has 0 radical (unpaired) electrons. The van der Waals surface area contributed by atoms with Gasteiger partial charge in [-0.15, -0.1) is 0 Å². The molecule has 0 saturated carbocycles. The molecule has 456 valence electrons. The number of hydrogen-bond donors (Lipinski definition) is 0. The normalized spacial score (nSPS) is 12.3. The maximum absolute atomic E-state index is 12.9. The first-order valence-corrected chi connectivity index (χ1v) is 34.6. The van der Waals surface area contributed by atoms with Crippen LogP contribution in [0.4, 0.5) is 0 Å². The van der Waals surface area contributed by atoms with Crippen LogP contribution in [0.5, 0.6) is 0 Å². The van der Waals surface area contributed by atoms with Crippen LogP contribution in [0.1, 0.15) is 374 Å². The van der Waals surface area contributed by atoms with Crippen molar-refractivity contribution in [1.29, 1.82) is 0 Å². The first-order chi connectivity index (χ1) is 38.5. The van der Waals surface area contributed by atoms with Crippen LogP contribution in [0.25, 0.3) is 0 Å². The second-order valence-corrected chi connectivity index (χ2v) is 23.4. The smallest absolute Gasteiger partial charge is 0.306 e. The van der Waals surface area contributed by atoms with E-state index >= 15 is 0 Å². The first-order valence-electron chi connectivity index (χ1n) is 34.6. The van der Waals surface area contributed by atoms with Gasteiger partial charge in [0.25, 0.3) is 0 Å². The fourth-order valence-electron chi connectivity index (χ4n) is 10.3. The fourth-order valence-corrected chi connectivity index (χ4v) is 10.3. The van der Waals surface area contributed by atoms with E-state index in [4.69, 9.17) is 14.2 Å². The number of carbonyl (C=O) groups excluding carboxylic acids is 3. The molecule has 0 aromatic heterocycles. The zero-order valence-electron chi connectivity index (χ0n) is 52.5. The second-order valence-electron chi connectivity index (χ2n) is 23.4. The number of allylic oxidation sites excluding steroid dienone is 8. The molecule has 0 aromatic rings. The van der Waals surface area contributed by atoms with Crippen molar-refractivity contribution in [1.82, 2.24) is 0 Å². The van der Waals surface area contributed by atoms with Crippen LogP contribution in [0.3, 0.4) is 0 Å². The van der Waals surface area contributed by atoms with Gasteiger partial charge in [0.05, 0.1) is 0 Å². The van der Waals surface area contributed by atoms with Crippen molar-refractivity contribution in [3.05, 3.63) is 48.6 Å². The summed E-state index contributed by atoms with van der Waals surface area (Å²) in [4.78, 5) is 38.4. The molecule has 0 N–H and O–H groups in total. The monoisotopic (exact) mass is 1090 g/mol. The van der Waals surface area contributed by atoms with Crippen molar-refractivity contribution in [2.24, 2.45) is 0 Å². The number of hydrogen-bond acceptors (Lipinski definition) is 6. The van der Waals surface area contributed by atoms with E-state index < -0.39 is 6.10 Å². The highest BCUT2D eigenvalue weighted by molar-refractivity contribution is 5.71. The average Bonchev–Trinajstić information content (AvgIpc) is 3.44. The van der Waals surface area contributed by atoms with Crippen molar-refractivity contribution >= 4 is 17.9 Å². The molecule has 6 heteroatoms. The van der Waals surface area contributed by atoms with E-state index in [-0.39, 0.29) is 31.1 Å². The van der Waals surface area contributed by atoms with Crippen LogP contribution in [-0.2, 0) is 28.6 Å². The zero-order valence-corrected chi connectivity index (χ0v) is 52.5. The van der Waals surface area contributed by atoms with Crippen molar-refractivity contribution < 1.29 is 28.6 Å². The SMILES string of the molecule is CCCCCCC/C=C\C/C=C\C/C=C\CCCCCCCCC(=O)OC(COC(=O)CCCCCCCCCCCCCC)COC(=O)CCCCCCCCCCCCCCCCC/C=C\CCCCCCCCCC. The van der Waals surface area contributed by atoms with Crippen molar-refractivity contribution in [2.75, 3.05) is 13.2 Å². The van der Waals surface area contributed by atoms with E-state index in [1.807, 2.05) is 0 Å². The molecule has 0 fully saturated rings. The van der Waals surface area contributed by atoms with Gasteiger partial charge >= 0.3 is 17.9 Å². The van der Waals surface area contributed by atoms with E-state index in [1.165, 1.54) is 257 Å². The lowest BCUT2D eigenvalue weighted by molar-refractivity contribution is -0.167. The fraction of sp³-hybridized carbons (Fsp3) is 0.847. The summed E-state index contributed by atoms with van der Waals surface area (Å²) >= 11 is 0. The maximum atomic E-state index is 12.9. The van der Waals surface area contributed by atoms with Crippen LogP contribution in [0.15, 0.2) is 48.6 Å². The van der Waals surface area contributed by atoms with Gasteiger partial charge in [-0.2, -0.15) is 0 Å². The quantitative estimate of drug-likeness (QED) is 0.0261. The molecule has 78 heavy (non-hydrogen) atoms. The summed E-state index contributed by atoms with van der Waals surface area (Å²) < 4.78 is 17.0. The summed E-state index contributed by atoms with van der Waals surface area (Å²) in [6.07, 6.45) is 84.2. The Morgan fingerprint density at radius 2 is 0.462 bits per heavy atom. The third kappa shape index (κ3) is 64.2. The molecule has 6 nitrogen and oxygen atoms in total. The molecule has 0 aromatic carbocycles. The molecule has 0 aliphatic heterocycles. The Kier molecular flexibility index (Phi) is 64.6. The Balaban J connectivity index is 4.23. The first kappa shape index (κ1) is 75.4. The van der Waals surface area contributed by atoms with Crippen molar-refractivity contribution in [2.45, 2.75) is 380 Å². The summed E-state index contributed by atoms with van der Waals surface area (Å²) in [5, 5.41) is 0. The summed E-state index contributed by atoms with van der Waals surface area (Å²) in [5.74, 6) is -0.863. The third-order valence-corrected chi connectivity index (χ3v) is 15.6. The minimum Gasteiger partial charge on any atom is -0.462 e. The predicted molar refractivity (Wildman–Crippen MR) is 339 cm³/mol. The number of carbonyl (C=O) groups is 3. The lowest BCUT2D eigenvalue weighted by Crippen LogP contribution is -2.30. The van der Waals surface area contributed by atoms with E-state index in [2.05, 4.69) is 69.4 Å². The van der Waals surface area contributed by atoms with Crippen LogP contribution in [0.2, 0.25) is 0 Å². The maximum Gasteiger partial charge on any atom is 0.306 e. The van der Waals surface area contributed by atoms with Gasteiger partial charge in [-0.05, 0) is 83.5 Å².